The molecule has 2 rings (SSSR count). The van der Waals surface area contributed by atoms with Crippen molar-refractivity contribution in [2.45, 2.75) is 33.1 Å². The van der Waals surface area contributed by atoms with Gasteiger partial charge in [0.2, 0.25) is 12.7 Å². The molecule has 1 N–H and O–H groups in total. The van der Waals surface area contributed by atoms with Crippen molar-refractivity contribution in [3.05, 3.63) is 23.8 Å². The minimum atomic E-state index is -0.180. The van der Waals surface area contributed by atoms with Crippen molar-refractivity contribution in [2.24, 2.45) is 0 Å². The largest absolute Gasteiger partial charge is 0.454 e. The Morgan fingerprint density at radius 3 is 2.70 bits per heavy atom. The molecule has 0 unspecified atom stereocenters. The van der Waals surface area contributed by atoms with E-state index in [0.717, 1.165) is 25.8 Å². The maximum Gasteiger partial charge on any atom is 0.251 e. The molecule has 0 aliphatic carbocycles. The number of carbonyl (C=O) groups excluding carboxylic acids is 2. The van der Waals surface area contributed by atoms with Gasteiger partial charge in [-0.05, 0) is 24.6 Å². The summed E-state index contributed by atoms with van der Waals surface area (Å²) in [6.07, 6.45) is 3.21. The maximum atomic E-state index is 12.1. The number of rotatable bonds is 8. The van der Waals surface area contributed by atoms with E-state index < -0.39 is 0 Å². The maximum absolute atomic E-state index is 12.1. The van der Waals surface area contributed by atoms with E-state index in [-0.39, 0.29) is 18.6 Å². The average Bonchev–Trinajstić information content (AvgIpc) is 3.00. The van der Waals surface area contributed by atoms with Crippen molar-refractivity contribution < 1.29 is 19.1 Å². The minimum Gasteiger partial charge on any atom is -0.454 e. The van der Waals surface area contributed by atoms with Gasteiger partial charge in [0.05, 0.1) is 0 Å². The Bertz CT molecular complexity index is 560. The van der Waals surface area contributed by atoms with Crippen molar-refractivity contribution in [1.29, 1.82) is 0 Å². The summed E-state index contributed by atoms with van der Waals surface area (Å²) in [5.41, 5.74) is 0.523. The van der Waals surface area contributed by atoms with Gasteiger partial charge in [0.25, 0.3) is 5.91 Å². The first kappa shape index (κ1) is 17.1. The van der Waals surface area contributed by atoms with E-state index in [0.29, 0.717) is 30.2 Å². The molecule has 1 aliphatic rings. The van der Waals surface area contributed by atoms with Crippen LogP contribution in [0.4, 0.5) is 0 Å². The van der Waals surface area contributed by atoms with E-state index in [4.69, 9.17) is 9.47 Å². The Kier molecular flexibility index (Phi) is 6.26. The zero-order chi connectivity index (χ0) is 16.7. The molecule has 23 heavy (non-hydrogen) atoms. The fourth-order valence-electron chi connectivity index (χ4n) is 2.42. The number of ether oxygens (including phenoxy) is 2. The predicted octanol–water partition coefficient (Wildman–Crippen LogP) is 2.18. The minimum absolute atomic E-state index is 0.0402. The molecule has 6 heteroatoms. The lowest BCUT2D eigenvalue weighted by Crippen LogP contribution is -2.38. The van der Waals surface area contributed by atoms with Gasteiger partial charge in [-0.3, -0.25) is 9.59 Å². The summed E-state index contributed by atoms with van der Waals surface area (Å²) in [7, 11) is 0. The van der Waals surface area contributed by atoms with Crippen LogP contribution in [0.2, 0.25) is 0 Å². The second-order valence-corrected chi connectivity index (χ2v) is 5.54. The molecular formula is C17H24N2O4. The fraction of sp³-hybridized carbons (Fsp3) is 0.529. The molecule has 0 fully saturated rings. The zero-order valence-electron chi connectivity index (χ0n) is 13.8. The summed E-state index contributed by atoms with van der Waals surface area (Å²) in [4.78, 5) is 25.5. The zero-order valence-corrected chi connectivity index (χ0v) is 13.8. The van der Waals surface area contributed by atoms with Gasteiger partial charge in [-0.25, -0.2) is 0 Å². The molecule has 1 heterocycles. The van der Waals surface area contributed by atoms with E-state index in [9.17, 15) is 9.59 Å². The molecule has 1 aromatic carbocycles. The predicted molar refractivity (Wildman–Crippen MR) is 86.7 cm³/mol. The number of unbranched alkanes of at least 4 members (excludes halogenated alkanes) is 2. The highest BCUT2D eigenvalue weighted by atomic mass is 16.7. The average molecular weight is 320 g/mol. The molecule has 0 radical (unpaired) electrons. The molecule has 6 nitrogen and oxygen atoms in total. The normalized spacial score (nSPS) is 12.1. The van der Waals surface area contributed by atoms with Gasteiger partial charge >= 0.3 is 0 Å². The van der Waals surface area contributed by atoms with E-state index in [2.05, 4.69) is 12.2 Å². The van der Waals surface area contributed by atoms with Gasteiger partial charge in [0.15, 0.2) is 11.5 Å². The van der Waals surface area contributed by atoms with Gasteiger partial charge in [-0.2, -0.15) is 0 Å². The van der Waals surface area contributed by atoms with E-state index in [1.165, 1.54) is 0 Å². The molecule has 2 amide bonds. The first-order valence-electron chi connectivity index (χ1n) is 8.05. The van der Waals surface area contributed by atoms with Crippen LogP contribution >= 0.6 is 0 Å². The number of fused-ring (bicyclic) bond motifs is 1. The SMILES string of the molecule is CCCCCN(CCNC(=O)c1ccc2c(c1)OCO2)C(C)=O. The fourth-order valence-corrected chi connectivity index (χ4v) is 2.42. The van der Waals surface area contributed by atoms with Crippen LogP contribution in [-0.4, -0.2) is 43.1 Å². The molecule has 0 atom stereocenters. The lowest BCUT2D eigenvalue weighted by Gasteiger charge is -2.21. The number of nitrogens with zero attached hydrogens (tertiary/aromatic N) is 1. The molecule has 126 valence electrons. The van der Waals surface area contributed by atoms with Crippen LogP contribution < -0.4 is 14.8 Å². The Labute approximate surface area is 136 Å². The monoisotopic (exact) mass is 320 g/mol. The third-order valence-corrected chi connectivity index (χ3v) is 3.78. The summed E-state index contributed by atoms with van der Waals surface area (Å²) < 4.78 is 10.5. The standard InChI is InChI=1S/C17H24N2O4/c1-3-4-5-9-19(13(2)20)10-8-18-17(21)14-6-7-15-16(11-14)23-12-22-15/h6-7,11H,3-5,8-10,12H2,1-2H3,(H,18,21). The van der Waals surface area contributed by atoms with E-state index in [1.54, 1.807) is 30.0 Å². The lowest BCUT2D eigenvalue weighted by atomic mass is 10.2. The third-order valence-electron chi connectivity index (χ3n) is 3.78. The Hall–Kier alpha value is -2.24. The number of hydrogen-bond acceptors (Lipinski definition) is 4. The molecule has 0 saturated carbocycles. The smallest absolute Gasteiger partial charge is 0.251 e. The van der Waals surface area contributed by atoms with Crippen molar-refractivity contribution in [2.75, 3.05) is 26.4 Å². The highest BCUT2D eigenvalue weighted by Crippen LogP contribution is 2.32. The molecule has 1 aromatic rings. The van der Waals surface area contributed by atoms with Crippen LogP contribution in [0.1, 0.15) is 43.5 Å². The summed E-state index contributed by atoms with van der Waals surface area (Å²) >= 11 is 0. The van der Waals surface area contributed by atoms with Gasteiger partial charge in [0.1, 0.15) is 0 Å². The van der Waals surface area contributed by atoms with Crippen molar-refractivity contribution in [3.8, 4) is 11.5 Å². The van der Waals surface area contributed by atoms with Crippen LogP contribution in [-0.2, 0) is 4.79 Å². The Balaban J connectivity index is 1.80. The molecule has 0 aromatic heterocycles. The van der Waals surface area contributed by atoms with E-state index in [1.807, 2.05) is 0 Å². The highest BCUT2D eigenvalue weighted by Gasteiger charge is 2.16. The van der Waals surface area contributed by atoms with Crippen molar-refractivity contribution >= 4 is 11.8 Å². The number of carbonyl (C=O) groups is 2. The van der Waals surface area contributed by atoms with Gasteiger partial charge in [-0.1, -0.05) is 19.8 Å². The van der Waals surface area contributed by atoms with Gasteiger partial charge in [-0.15, -0.1) is 0 Å². The lowest BCUT2D eigenvalue weighted by molar-refractivity contribution is -0.128. The van der Waals surface area contributed by atoms with Crippen LogP contribution in [0.15, 0.2) is 18.2 Å². The van der Waals surface area contributed by atoms with Crippen molar-refractivity contribution in [1.82, 2.24) is 10.2 Å². The summed E-state index contributed by atoms with van der Waals surface area (Å²) in [6.45, 7) is 5.57. The number of hydrogen-bond donors (Lipinski definition) is 1. The Morgan fingerprint density at radius 1 is 1.17 bits per heavy atom. The van der Waals surface area contributed by atoms with Crippen LogP contribution in [0.5, 0.6) is 11.5 Å². The van der Waals surface area contributed by atoms with E-state index >= 15 is 0 Å². The second kappa shape index (κ2) is 8.41. The van der Waals surface area contributed by atoms with Crippen molar-refractivity contribution in [3.63, 3.8) is 0 Å². The molecule has 0 bridgehead atoms. The Morgan fingerprint density at radius 2 is 1.96 bits per heavy atom. The number of amides is 2. The topological polar surface area (TPSA) is 67.9 Å². The van der Waals surface area contributed by atoms with Gasteiger partial charge < -0.3 is 19.7 Å². The highest BCUT2D eigenvalue weighted by molar-refractivity contribution is 5.94. The summed E-state index contributed by atoms with van der Waals surface area (Å²) in [5.74, 6) is 1.10. The molecule has 0 saturated heterocycles. The third kappa shape index (κ3) is 4.87. The quantitative estimate of drug-likeness (QED) is 0.746. The molecule has 0 spiro atoms. The van der Waals surface area contributed by atoms with Gasteiger partial charge in [0, 0.05) is 32.1 Å². The first-order valence-corrected chi connectivity index (χ1v) is 8.05. The number of benzene rings is 1. The number of nitrogens with one attached hydrogen (secondary N) is 1. The summed E-state index contributed by atoms with van der Waals surface area (Å²) in [6, 6.07) is 5.10. The van der Waals surface area contributed by atoms with Crippen LogP contribution in [0.3, 0.4) is 0 Å². The van der Waals surface area contributed by atoms with Crippen LogP contribution in [0, 0.1) is 0 Å². The first-order chi connectivity index (χ1) is 11.1. The molecule has 1 aliphatic heterocycles. The second-order valence-electron chi connectivity index (χ2n) is 5.54. The summed E-state index contributed by atoms with van der Waals surface area (Å²) in [5, 5.41) is 2.84. The van der Waals surface area contributed by atoms with Crippen LogP contribution in [0.25, 0.3) is 0 Å². The molecular weight excluding hydrogens is 296 g/mol.